The molecule has 1 saturated carbocycles. The second-order valence-corrected chi connectivity index (χ2v) is 11.5. The molecule has 2 fully saturated rings. The van der Waals surface area contributed by atoms with Gasteiger partial charge in [-0.15, -0.1) is 35.3 Å². The standard InChI is InChI=1S/C20H34N4O3S2.HI/c1-15(2)16-4-6-17(7-5-16)23-20(21-3)22-14-18-8-9-19(28-18)29(25,26)24-10-12-27-13-11-24;/h8-9,15-17H,4-7,10-14H2,1-3H3,(H2,21,22,23);1H. The van der Waals surface area contributed by atoms with E-state index in [1.54, 1.807) is 13.1 Å². The van der Waals surface area contributed by atoms with Gasteiger partial charge in [0.25, 0.3) is 10.0 Å². The van der Waals surface area contributed by atoms with Crippen LogP contribution in [0.25, 0.3) is 0 Å². The molecule has 1 saturated heterocycles. The maximum atomic E-state index is 12.8. The number of hydrogen-bond donors (Lipinski definition) is 2. The first-order valence-corrected chi connectivity index (χ1v) is 12.8. The lowest BCUT2D eigenvalue weighted by Crippen LogP contribution is -2.44. The fourth-order valence-electron chi connectivity index (χ4n) is 4.00. The minimum absolute atomic E-state index is 0. The topological polar surface area (TPSA) is 83.0 Å². The minimum atomic E-state index is -3.42. The molecule has 1 aromatic rings. The van der Waals surface area contributed by atoms with Crippen LogP contribution in [-0.4, -0.2) is 58.1 Å². The van der Waals surface area contributed by atoms with Gasteiger partial charge in [0.2, 0.25) is 0 Å². The first-order valence-electron chi connectivity index (χ1n) is 10.5. The van der Waals surface area contributed by atoms with Crippen molar-refractivity contribution in [1.29, 1.82) is 0 Å². The second kappa shape index (κ2) is 12.0. The van der Waals surface area contributed by atoms with Crippen molar-refractivity contribution in [2.75, 3.05) is 33.4 Å². The van der Waals surface area contributed by atoms with Crippen molar-refractivity contribution in [3.8, 4) is 0 Å². The summed E-state index contributed by atoms with van der Waals surface area (Å²) in [4.78, 5) is 5.31. The largest absolute Gasteiger partial charge is 0.379 e. The molecule has 2 aliphatic rings. The van der Waals surface area contributed by atoms with Crippen LogP contribution in [0.15, 0.2) is 21.3 Å². The molecule has 0 spiro atoms. The molecule has 0 bridgehead atoms. The van der Waals surface area contributed by atoms with E-state index >= 15 is 0 Å². The van der Waals surface area contributed by atoms with E-state index in [-0.39, 0.29) is 24.0 Å². The smallest absolute Gasteiger partial charge is 0.252 e. The molecule has 7 nitrogen and oxygen atoms in total. The quantitative estimate of drug-likeness (QED) is 0.312. The highest BCUT2D eigenvalue weighted by molar-refractivity contribution is 14.0. The predicted octanol–water partition coefficient (Wildman–Crippen LogP) is 3.27. The van der Waals surface area contributed by atoms with Gasteiger partial charge in [-0.25, -0.2) is 8.42 Å². The van der Waals surface area contributed by atoms with Gasteiger partial charge in [-0.1, -0.05) is 13.8 Å². The fraction of sp³-hybridized carbons (Fsp3) is 0.750. The second-order valence-electron chi connectivity index (χ2n) is 8.16. The highest BCUT2D eigenvalue weighted by Gasteiger charge is 2.28. The summed E-state index contributed by atoms with van der Waals surface area (Å²) in [5.41, 5.74) is 0. The molecule has 172 valence electrons. The molecule has 0 unspecified atom stereocenters. The zero-order valence-electron chi connectivity index (χ0n) is 18.1. The van der Waals surface area contributed by atoms with Crippen molar-refractivity contribution in [2.24, 2.45) is 16.8 Å². The van der Waals surface area contributed by atoms with E-state index in [9.17, 15) is 8.42 Å². The van der Waals surface area contributed by atoms with Crippen LogP contribution in [0.1, 0.15) is 44.4 Å². The summed E-state index contributed by atoms with van der Waals surface area (Å²) < 4.78 is 32.7. The Morgan fingerprint density at radius 3 is 2.50 bits per heavy atom. The molecule has 0 radical (unpaired) electrons. The van der Waals surface area contributed by atoms with Crippen molar-refractivity contribution < 1.29 is 13.2 Å². The van der Waals surface area contributed by atoms with Crippen LogP contribution in [0, 0.1) is 11.8 Å². The van der Waals surface area contributed by atoms with Crippen LogP contribution in [0.2, 0.25) is 0 Å². The Morgan fingerprint density at radius 1 is 1.23 bits per heavy atom. The van der Waals surface area contributed by atoms with Crippen molar-refractivity contribution in [3.05, 3.63) is 17.0 Å². The Hall–Kier alpha value is -0.430. The van der Waals surface area contributed by atoms with Crippen molar-refractivity contribution in [3.63, 3.8) is 0 Å². The number of halogens is 1. The third kappa shape index (κ3) is 6.78. The molecule has 1 aromatic heterocycles. The van der Waals surface area contributed by atoms with Crippen LogP contribution in [0.5, 0.6) is 0 Å². The predicted molar refractivity (Wildman–Crippen MR) is 133 cm³/mol. The third-order valence-electron chi connectivity index (χ3n) is 5.91. The lowest BCUT2D eigenvalue weighted by Gasteiger charge is -2.32. The normalized spacial score (nSPS) is 23.8. The summed E-state index contributed by atoms with van der Waals surface area (Å²) in [5, 5.41) is 6.86. The summed E-state index contributed by atoms with van der Waals surface area (Å²) in [7, 11) is -1.65. The maximum Gasteiger partial charge on any atom is 0.252 e. The van der Waals surface area contributed by atoms with E-state index in [4.69, 9.17) is 4.74 Å². The number of hydrogen-bond acceptors (Lipinski definition) is 5. The molecular formula is C20H35IN4O3S2. The number of nitrogens with zero attached hydrogens (tertiary/aromatic N) is 2. The molecule has 30 heavy (non-hydrogen) atoms. The van der Waals surface area contributed by atoms with Gasteiger partial charge in [0.05, 0.1) is 19.8 Å². The zero-order chi connectivity index (χ0) is 20.9. The number of nitrogens with one attached hydrogen (secondary N) is 2. The number of morpholine rings is 1. The lowest BCUT2D eigenvalue weighted by atomic mass is 9.80. The number of guanidine groups is 1. The summed E-state index contributed by atoms with van der Waals surface area (Å²) in [5.74, 6) is 2.38. The van der Waals surface area contributed by atoms with Crippen LogP contribution in [0.3, 0.4) is 0 Å². The van der Waals surface area contributed by atoms with Crippen LogP contribution < -0.4 is 10.6 Å². The van der Waals surface area contributed by atoms with E-state index in [0.717, 1.165) is 22.7 Å². The number of thiophene rings is 1. The Balaban J connectivity index is 0.00000320. The summed E-state index contributed by atoms with van der Waals surface area (Å²) in [6.07, 6.45) is 4.87. The van der Waals surface area contributed by atoms with E-state index in [0.29, 0.717) is 43.1 Å². The van der Waals surface area contributed by atoms with Gasteiger partial charge in [0, 0.05) is 31.1 Å². The first-order chi connectivity index (χ1) is 13.9. The van der Waals surface area contributed by atoms with Crippen molar-refractivity contribution >= 4 is 51.3 Å². The Kier molecular flexibility index (Phi) is 10.3. The van der Waals surface area contributed by atoms with Gasteiger partial charge in [-0.2, -0.15) is 4.31 Å². The maximum absolute atomic E-state index is 12.8. The average molecular weight is 571 g/mol. The van der Waals surface area contributed by atoms with Gasteiger partial charge < -0.3 is 15.4 Å². The molecule has 10 heteroatoms. The third-order valence-corrected chi connectivity index (χ3v) is 9.36. The number of sulfonamides is 1. The molecule has 2 heterocycles. The average Bonchev–Trinajstić information content (AvgIpc) is 3.22. The van der Waals surface area contributed by atoms with Gasteiger partial charge in [0.1, 0.15) is 4.21 Å². The minimum Gasteiger partial charge on any atom is -0.379 e. The summed E-state index contributed by atoms with van der Waals surface area (Å²) in [6.45, 7) is 6.94. The number of rotatable bonds is 6. The van der Waals surface area contributed by atoms with Gasteiger partial charge >= 0.3 is 0 Å². The Labute approximate surface area is 202 Å². The SMILES string of the molecule is CN=C(NCc1ccc(S(=O)(=O)N2CCOCC2)s1)NC1CCC(C(C)C)CC1.I. The molecule has 1 aliphatic carbocycles. The van der Waals surface area contributed by atoms with Crippen LogP contribution >= 0.6 is 35.3 Å². The van der Waals surface area contributed by atoms with Gasteiger partial charge in [0.15, 0.2) is 5.96 Å². The lowest BCUT2D eigenvalue weighted by molar-refractivity contribution is 0.0731. The molecule has 2 N–H and O–H groups in total. The fourth-order valence-corrected chi connectivity index (χ4v) is 6.85. The van der Waals surface area contributed by atoms with Crippen molar-refractivity contribution in [2.45, 2.75) is 56.3 Å². The molecule has 0 aromatic carbocycles. The van der Waals surface area contributed by atoms with E-state index in [1.807, 2.05) is 6.07 Å². The van der Waals surface area contributed by atoms with E-state index in [1.165, 1.54) is 41.3 Å². The van der Waals surface area contributed by atoms with Gasteiger partial charge in [-0.3, -0.25) is 4.99 Å². The molecule has 0 amide bonds. The van der Waals surface area contributed by atoms with Crippen molar-refractivity contribution in [1.82, 2.24) is 14.9 Å². The van der Waals surface area contributed by atoms with E-state index < -0.39 is 10.0 Å². The highest BCUT2D eigenvalue weighted by Crippen LogP contribution is 2.30. The van der Waals surface area contributed by atoms with Crippen LogP contribution in [-0.2, 0) is 21.3 Å². The zero-order valence-corrected chi connectivity index (χ0v) is 22.1. The van der Waals surface area contributed by atoms with Crippen LogP contribution in [0.4, 0.5) is 0 Å². The van der Waals surface area contributed by atoms with Gasteiger partial charge in [-0.05, 0) is 49.7 Å². The molecular weight excluding hydrogens is 535 g/mol. The highest BCUT2D eigenvalue weighted by atomic mass is 127. The molecule has 1 aliphatic heterocycles. The molecule has 3 rings (SSSR count). The summed E-state index contributed by atoms with van der Waals surface area (Å²) >= 11 is 1.32. The first kappa shape index (κ1) is 25.8. The summed E-state index contributed by atoms with van der Waals surface area (Å²) in [6, 6.07) is 4.04. The van der Waals surface area contributed by atoms with E-state index in [2.05, 4.69) is 29.5 Å². The Morgan fingerprint density at radius 2 is 1.90 bits per heavy atom. The Bertz CT molecular complexity index is 784. The number of ether oxygens (including phenoxy) is 1. The number of aliphatic imine (C=N–C) groups is 1. The monoisotopic (exact) mass is 570 g/mol. The molecule has 0 atom stereocenters.